The fourth-order valence-electron chi connectivity index (χ4n) is 9.73. The van der Waals surface area contributed by atoms with Gasteiger partial charge < -0.3 is 50.1 Å². The molecule has 1 aliphatic heterocycles. The van der Waals surface area contributed by atoms with Crippen molar-refractivity contribution in [1.82, 2.24) is 55.3 Å². The van der Waals surface area contributed by atoms with Crippen molar-refractivity contribution < 1.29 is 52.7 Å². The number of rotatable bonds is 12. The Labute approximate surface area is 481 Å². The third-order valence-electron chi connectivity index (χ3n) is 14.5. The summed E-state index contributed by atoms with van der Waals surface area (Å²) >= 11 is 0. The third kappa shape index (κ3) is 17.0. The minimum atomic E-state index is -1.60. The van der Waals surface area contributed by atoms with E-state index in [0.29, 0.717) is 11.0 Å². The molecule has 2 aromatic heterocycles. The highest BCUT2D eigenvalue weighted by Gasteiger charge is 2.40. The number of cyclic esters (lactones) is 1. The highest BCUT2D eigenvalue weighted by molar-refractivity contribution is 6.01. The van der Waals surface area contributed by atoms with E-state index < -0.39 is 122 Å². The van der Waals surface area contributed by atoms with Gasteiger partial charge in [0.05, 0.1) is 24.1 Å². The van der Waals surface area contributed by atoms with E-state index in [2.05, 4.69) is 25.9 Å². The largest absolute Gasteiger partial charge is 0.461 e. The predicted molar refractivity (Wildman–Crippen MR) is 309 cm³/mol. The molecule has 3 heterocycles. The average Bonchev–Trinajstić information content (AvgIpc) is 3.56. The second kappa shape index (κ2) is 29.1. The van der Waals surface area contributed by atoms with E-state index in [-0.39, 0.29) is 60.7 Å². The summed E-state index contributed by atoms with van der Waals surface area (Å²) in [6.45, 7) is 12.4. The molecule has 2 aromatic carbocycles. The quantitative estimate of drug-likeness (QED) is 0.171. The Balaban J connectivity index is 1.58. The number of carbonyl (C=O) groups is 10. The van der Waals surface area contributed by atoms with Gasteiger partial charge in [0.25, 0.3) is 11.8 Å². The van der Waals surface area contributed by atoms with Crippen LogP contribution in [0.3, 0.4) is 0 Å². The van der Waals surface area contributed by atoms with Crippen LogP contribution in [0.25, 0.3) is 21.8 Å². The van der Waals surface area contributed by atoms with Crippen LogP contribution < -0.4 is 16.0 Å². The summed E-state index contributed by atoms with van der Waals surface area (Å²) in [5, 5.41) is 9.71. The molecule has 444 valence electrons. The van der Waals surface area contributed by atoms with E-state index in [0.717, 1.165) is 30.4 Å². The first-order valence-corrected chi connectivity index (χ1v) is 27.9. The first-order valence-electron chi connectivity index (χ1n) is 27.9. The van der Waals surface area contributed by atoms with Gasteiger partial charge in [-0.2, -0.15) is 0 Å². The number of pyridine rings is 2. The van der Waals surface area contributed by atoms with Gasteiger partial charge in [-0.25, -0.2) is 14.8 Å². The first kappa shape index (κ1) is 64.8. The SMILES string of the molecule is CC(C)C[C@H]1C(=O)NC[C@H](NC(=O)c2ccc3ccccc3n2)C(=O)N(C)[C@@H](CC(C)C)C(=O)N(C)CC(=O)N(C)[C@@H](CC(C)C)C(=O)OC[C@H](NC(=O)c2ccc3ccccc3n2)C(=O)N(C)[C@@H](CC(C)C)C(=O)N(C)CC(=O)N1C. The van der Waals surface area contributed by atoms with E-state index in [9.17, 15) is 47.9 Å². The maximum Gasteiger partial charge on any atom is 0.328 e. The van der Waals surface area contributed by atoms with Gasteiger partial charge in [-0.05, 0) is 73.6 Å². The van der Waals surface area contributed by atoms with Crippen LogP contribution in [0.1, 0.15) is 102 Å². The first-order chi connectivity index (χ1) is 38.6. The van der Waals surface area contributed by atoms with Crippen molar-refractivity contribution in [2.45, 2.75) is 117 Å². The summed E-state index contributed by atoms with van der Waals surface area (Å²) in [4.78, 5) is 161. The van der Waals surface area contributed by atoms with Crippen LogP contribution in [-0.2, 0) is 43.1 Å². The van der Waals surface area contributed by atoms with Crippen LogP contribution >= 0.6 is 0 Å². The molecule has 1 aliphatic rings. The fourth-order valence-corrected chi connectivity index (χ4v) is 9.73. The van der Waals surface area contributed by atoms with Gasteiger partial charge in [-0.1, -0.05) is 104 Å². The van der Waals surface area contributed by atoms with Crippen LogP contribution in [0, 0.1) is 23.7 Å². The molecule has 1 fully saturated rings. The van der Waals surface area contributed by atoms with Crippen LogP contribution in [-0.4, -0.2) is 203 Å². The molecule has 3 N–H and O–H groups in total. The molecule has 0 unspecified atom stereocenters. The molecule has 0 spiro atoms. The third-order valence-corrected chi connectivity index (χ3v) is 14.5. The zero-order valence-electron chi connectivity index (χ0n) is 49.9. The number of ether oxygens (including phenoxy) is 1. The Bertz CT molecular complexity index is 2790. The Hall–Kier alpha value is -8.04. The number of nitrogens with zero attached hydrogens (tertiary/aromatic N) is 8. The lowest BCUT2D eigenvalue weighted by Crippen LogP contribution is -2.60. The van der Waals surface area contributed by atoms with Crippen molar-refractivity contribution in [2.75, 3.05) is 68.5 Å². The zero-order valence-corrected chi connectivity index (χ0v) is 49.9. The maximum absolute atomic E-state index is 14.9. The molecule has 0 saturated carbocycles. The summed E-state index contributed by atoms with van der Waals surface area (Å²) in [5.74, 6) is -8.03. The monoisotopic (exact) mass is 1130 g/mol. The van der Waals surface area contributed by atoms with Crippen molar-refractivity contribution in [3.63, 3.8) is 0 Å². The van der Waals surface area contributed by atoms with Crippen molar-refractivity contribution in [3.05, 3.63) is 84.2 Å². The number of amides is 9. The van der Waals surface area contributed by atoms with Gasteiger partial charge in [-0.3, -0.25) is 43.2 Å². The van der Waals surface area contributed by atoms with Gasteiger partial charge in [0.15, 0.2) is 0 Å². The van der Waals surface area contributed by atoms with E-state index in [4.69, 9.17) is 4.74 Å². The molecular weight excluding hydrogens is 1050 g/mol. The molecule has 22 heteroatoms. The lowest BCUT2D eigenvalue weighted by molar-refractivity contribution is -0.158. The molecule has 6 atom stereocenters. The Kier molecular flexibility index (Phi) is 23.0. The second-order valence-electron chi connectivity index (χ2n) is 23.1. The Morgan fingerprint density at radius 3 is 1.32 bits per heavy atom. The van der Waals surface area contributed by atoms with Crippen LogP contribution in [0.4, 0.5) is 0 Å². The number of benzene rings is 2. The second-order valence-corrected chi connectivity index (χ2v) is 23.1. The molecule has 82 heavy (non-hydrogen) atoms. The summed E-state index contributed by atoms with van der Waals surface area (Å²) in [7, 11) is 8.33. The zero-order chi connectivity index (χ0) is 60.9. The van der Waals surface area contributed by atoms with E-state index >= 15 is 0 Å². The van der Waals surface area contributed by atoms with Crippen molar-refractivity contribution in [1.29, 1.82) is 0 Å². The van der Waals surface area contributed by atoms with Gasteiger partial charge in [0.1, 0.15) is 54.2 Å². The molecule has 9 amide bonds. The number of fused-ring (bicyclic) bond motifs is 2. The number of nitrogens with one attached hydrogen (secondary N) is 3. The number of aromatic nitrogens is 2. The molecule has 0 aliphatic carbocycles. The van der Waals surface area contributed by atoms with Crippen LogP contribution in [0.5, 0.6) is 0 Å². The molecule has 1 saturated heterocycles. The summed E-state index contributed by atoms with van der Waals surface area (Å²) < 4.78 is 5.88. The number of likely N-dealkylation sites (N-methyl/N-ethyl adjacent to an activating group) is 6. The van der Waals surface area contributed by atoms with Gasteiger partial charge in [0, 0.05) is 59.6 Å². The van der Waals surface area contributed by atoms with Crippen molar-refractivity contribution in [2.24, 2.45) is 23.7 Å². The summed E-state index contributed by atoms with van der Waals surface area (Å²) in [5.41, 5.74) is 0.946. The number of carbonyl (C=O) groups excluding carboxylic acids is 10. The van der Waals surface area contributed by atoms with Crippen molar-refractivity contribution in [3.8, 4) is 0 Å². The Morgan fingerprint density at radius 1 is 0.500 bits per heavy atom. The Morgan fingerprint density at radius 2 is 0.878 bits per heavy atom. The molecular formula is C60H83N11O11. The molecule has 22 nitrogen and oxygen atoms in total. The number of esters is 1. The fraction of sp³-hybridized carbons (Fsp3) is 0.533. The smallest absolute Gasteiger partial charge is 0.328 e. The van der Waals surface area contributed by atoms with Gasteiger partial charge in [-0.15, -0.1) is 0 Å². The van der Waals surface area contributed by atoms with Crippen LogP contribution in [0.2, 0.25) is 0 Å². The number of hydrogen-bond acceptors (Lipinski definition) is 13. The molecule has 5 rings (SSSR count). The average molecular weight is 1130 g/mol. The predicted octanol–water partition coefficient (Wildman–Crippen LogP) is 3.76. The molecule has 0 bridgehead atoms. The minimum absolute atomic E-state index is 0.0257. The number of para-hydroxylation sites is 2. The summed E-state index contributed by atoms with van der Waals surface area (Å²) in [6, 6.07) is 12.7. The topological polar surface area (TPSA) is 261 Å². The summed E-state index contributed by atoms with van der Waals surface area (Å²) in [6.07, 6.45) is 0.431. The van der Waals surface area contributed by atoms with Crippen LogP contribution in [0.15, 0.2) is 72.8 Å². The highest BCUT2D eigenvalue weighted by atomic mass is 16.5. The lowest BCUT2D eigenvalue weighted by atomic mass is 10.00. The van der Waals surface area contributed by atoms with E-state index in [1.54, 1.807) is 36.4 Å². The maximum atomic E-state index is 14.9. The molecule has 0 radical (unpaired) electrons. The van der Waals surface area contributed by atoms with Gasteiger partial charge >= 0.3 is 5.97 Å². The minimum Gasteiger partial charge on any atom is -0.461 e. The standard InChI is InChI=1S/C60H83N11O11/c1-35(2)27-47-55(76)61-31-45(64-53(74)43-25-23-39-19-15-17-21-41(39)62-43)56(77)70(13)48(28-36(3)4)58(79)67(10)33-52(73)69(12)50(30-38(7)8)60(81)82-34-46(65-54(75)44-26-24-40-20-16-18-22-42(40)63-44)57(78)71(14)49(29-37(5)6)59(80)66(9)32-51(72)68(47)11/h15-26,35-38,45-50H,27-34H2,1-14H3,(H,61,76)(H,64,74)(H,65,75)/t45-,46-,47-,48-,49-,50-/m0/s1. The molecule has 4 aromatic rings. The van der Waals surface area contributed by atoms with E-state index in [1.807, 2.05) is 79.7 Å². The van der Waals surface area contributed by atoms with Gasteiger partial charge in [0.2, 0.25) is 41.4 Å². The normalized spacial score (nSPS) is 21.6. The van der Waals surface area contributed by atoms with E-state index in [1.165, 1.54) is 64.2 Å². The lowest BCUT2D eigenvalue weighted by Gasteiger charge is -2.36. The number of hydrogen-bond donors (Lipinski definition) is 3. The highest BCUT2D eigenvalue weighted by Crippen LogP contribution is 2.21. The van der Waals surface area contributed by atoms with Crippen molar-refractivity contribution >= 4 is 80.9 Å².